The highest BCUT2D eigenvalue weighted by Gasteiger charge is 2.52. The van der Waals surface area contributed by atoms with Crippen molar-refractivity contribution in [2.24, 2.45) is 17.8 Å². The first-order chi connectivity index (χ1) is 13.6. The van der Waals surface area contributed by atoms with Gasteiger partial charge in [-0.15, -0.1) is 12.4 Å². The van der Waals surface area contributed by atoms with Crippen molar-refractivity contribution in [3.05, 3.63) is 59.2 Å². The molecule has 1 aromatic carbocycles. The molecule has 0 aliphatic heterocycles. The van der Waals surface area contributed by atoms with Crippen molar-refractivity contribution >= 4 is 24.4 Å². The number of benzene rings is 1. The number of hydroxylamine groups is 1. The lowest BCUT2D eigenvalue weighted by Gasteiger charge is -2.56. The molecule has 0 spiro atoms. The molecule has 4 fully saturated rings. The van der Waals surface area contributed by atoms with Gasteiger partial charge in [0.2, 0.25) is 0 Å². The maximum Gasteiger partial charge on any atom is 0.267 e. The van der Waals surface area contributed by atoms with Crippen LogP contribution in [0.2, 0.25) is 0 Å². The SMILES string of the molecule is Cl.O=C(/C=C/c1ccc(Cc2ncc(C34CC5CC(CC(C5)C3)C4)[nH]2)cc1)NO. The van der Waals surface area contributed by atoms with Gasteiger partial charge >= 0.3 is 0 Å². The Balaban J connectivity index is 0.00000205. The van der Waals surface area contributed by atoms with E-state index in [2.05, 4.69) is 23.3 Å². The van der Waals surface area contributed by atoms with Crippen LogP contribution in [0.4, 0.5) is 0 Å². The van der Waals surface area contributed by atoms with Crippen molar-refractivity contribution in [1.29, 1.82) is 0 Å². The van der Waals surface area contributed by atoms with Gasteiger partial charge in [-0.1, -0.05) is 24.3 Å². The van der Waals surface area contributed by atoms with Gasteiger partial charge in [-0.3, -0.25) is 10.0 Å². The third-order valence-electron chi connectivity index (χ3n) is 7.13. The molecule has 154 valence electrons. The van der Waals surface area contributed by atoms with Crippen molar-refractivity contribution in [3.63, 3.8) is 0 Å². The lowest BCUT2D eigenvalue weighted by molar-refractivity contribution is -0.124. The molecular weight excluding hydrogens is 386 g/mol. The molecule has 29 heavy (non-hydrogen) atoms. The Labute approximate surface area is 177 Å². The molecule has 4 saturated carbocycles. The van der Waals surface area contributed by atoms with Crippen molar-refractivity contribution in [2.75, 3.05) is 0 Å². The monoisotopic (exact) mass is 413 g/mol. The number of carbonyl (C=O) groups excluding carboxylic acids is 1. The van der Waals surface area contributed by atoms with E-state index in [0.717, 1.165) is 35.6 Å². The molecule has 0 radical (unpaired) electrons. The maximum atomic E-state index is 11.1. The highest BCUT2D eigenvalue weighted by Crippen LogP contribution is 2.60. The fourth-order valence-electron chi connectivity index (χ4n) is 6.31. The van der Waals surface area contributed by atoms with Crippen LogP contribution in [0.1, 0.15) is 61.2 Å². The summed E-state index contributed by atoms with van der Waals surface area (Å²) >= 11 is 0. The Hall–Kier alpha value is -2.11. The van der Waals surface area contributed by atoms with Crippen LogP contribution in [0.5, 0.6) is 0 Å². The second kappa shape index (κ2) is 7.96. The molecule has 4 aliphatic rings. The molecule has 4 bridgehead atoms. The van der Waals surface area contributed by atoms with E-state index in [1.54, 1.807) is 11.6 Å². The molecule has 1 aromatic heterocycles. The van der Waals surface area contributed by atoms with Crippen LogP contribution >= 0.6 is 12.4 Å². The molecule has 1 heterocycles. The normalized spacial score (nSPS) is 29.8. The van der Waals surface area contributed by atoms with Crippen LogP contribution in [0.25, 0.3) is 6.08 Å². The van der Waals surface area contributed by atoms with Gasteiger partial charge in [-0.05, 0) is 73.5 Å². The van der Waals surface area contributed by atoms with Crippen LogP contribution in [0.3, 0.4) is 0 Å². The Morgan fingerprint density at radius 2 is 1.76 bits per heavy atom. The highest BCUT2D eigenvalue weighted by atomic mass is 35.5. The number of aromatic amines is 1. The second-order valence-corrected chi connectivity index (χ2v) is 9.17. The van der Waals surface area contributed by atoms with E-state index >= 15 is 0 Å². The highest BCUT2D eigenvalue weighted by molar-refractivity contribution is 5.90. The fourth-order valence-corrected chi connectivity index (χ4v) is 6.31. The number of nitrogens with one attached hydrogen (secondary N) is 2. The van der Waals surface area contributed by atoms with Gasteiger partial charge in [0.15, 0.2) is 0 Å². The fraction of sp³-hybridized carbons (Fsp3) is 0.478. The predicted octanol–water partition coefficient (Wildman–Crippen LogP) is 4.41. The number of imidazole rings is 1. The summed E-state index contributed by atoms with van der Waals surface area (Å²) in [5.74, 6) is 3.31. The van der Waals surface area contributed by atoms with Crippen molar-refractivity contribution < 1.29 is 10.0 Å². The van der Waals surface area contributed by atoms with Gasteiger partial charge in [-0.2, -0.15) is 0 Å². The number of H-pyrrole nitrogens is 1. The number of amides is 1. The van der Waals surface area contributed by atoms with Gasteiger partial charge in [-0.25, -0.2) is 10.5 Å². The van der Waals surface area contributed by atoms with E-state index in [4.69, 9.17) is 10.2 Å². The van der Waals surface area contributed by atoms with E-state index in [1.165, 1.54) is 55.9 Å². The molecule has 0 atom stereocenters. The van der Waals surface area contributed by atoms with Crippen molar-refractivity contribution in [2.45, 2.75) is 50.4 Å². The van der Waals surface area contributed by atoms with Crippen LogP contribution in [0.15, 0.2) is 36.5 Å². The molecule has 4 aliphatic carbocycles. The molecule has 0 saturated heterocycles. The second-order valence-electron chi connectivity index (χ2n) is 9.17. The standard InChI is InChI=1S/C23H27N3O2.ClH/c27-22(26-28)6-5-15-1-3-16(4-2-15)10-21-24-14-20(25-21)23-11-17-7-18(12-23)9-19(8-17)13-23;/h1-6,14,17-19,28H,7-13H2,(H,24,25)(H,26,27);1H/b6-5+;. The van der Waals surface area contributed by atoms with Gasteiger partial charge in [0, 0.05) is 29.8 Å². The summed E-state index contributed by atoms with van der Waals surface area (Å²) in [7, 11) is 0. The van der Waals surface area contributed by atoms with Crippen molar-refractivity contribution in [1.82, 2.24) is 15.4 Å². The summed E-state index contributed by atoms with van der Waals surface area (Å²) in [4.78, 5) is 19.5. The van der Waals surface area contributed by atoms with Gasteiger partial charge in [0.05, 0.1) is 0 Å². The number of hydrogen-bond donors (Lipinski definition) is 3. The first-order valence-electron chi connectivity index (χ1n) is 10.4. The molecule has 1 amide bonds. The van der Waals surface area contributed by atoms with Crippen LogP contribution in [0, 0.1) is 17.8 Å². The zero-order valence-corrected chi connectivity index (χ0v) is 17.3. The largest absolute Gasteiger partial charge is 0.345 e. The molecule has 3 N–H and O–H groups in total. The van der Waals surface area contributed by atoms with E-state index in [9.17, 15) is 4.79 Å². The minimum Gasteiger partial charge on any atom is -0.345 e. The Kier molecular flexibility index (Phi) is 5.54. The van der Waals surface area contributed by atoms with E-state index in [-0.39, 0.29) is 12.4 Å². The summed E-state index contributed by atoms with van der Waals surface area (Å²) < 4.78 is 0. The molecule has 6 rings (SSSR count). The first kappa shape index (κ1) is 20.2. The third kappa shape index (κ3) is 3.99. The van der Waals surface area contributed by atoms with E-state index in [0.29, 0.717) is 5.41 Å². The number of aromatic nitrogens is 2. The molecule has 6 heteroatoms. The summed E-state index contributed by atoms with van der Waals surface area (Å²) in [6.07, 6.45) is 14.3. The number of rotatable bonds is 5. The van der Waals surface area contributed by atoms with Gasteiger partial charge < -0.3 is 4.98 Å². The number of carbonyl (C=O) groups is 1. The lowest BCUT2D eigenvalue weighted by atomic mass is 9.49. The summed E-state index contributed by atoms with van der Waals surface area (Å²) in [6.45, 7) is 0. The van der Waals surface area contributed by atoms with Gasteiger partial charge in [0.1, 0.15) is 5.82 Å². The topological polar surface area (TPSA) is 78.0 Å². The number of halogens is 1. The summed E-state index contributed by atoms with van der Waals surface area (Å²) in [5.41, 5.74) is 5.43. The van der Waals surface area contributed by atoms with Crippen LogP contribution in [-0.4, -0.2) is 21.1 Å². The summed E-state index contributed by atoms with van der Waals surface area (Å²) in [6, 6.07) is 8.06. The molecule has 5 nitrogen and oxygen atoms in total. The minimum atomic E-state index is -0.531. The van der Waals surface area contributed by atoms with Crippen LogP contribution in [-0.2, 0) is 16.6 Å². The predicted molar refractivity (Wildman–Crippen MR) is 114 cm³/mol. The zero-order valence-electron chi connectivity index (χ0n) is 16.4. The van der Waals surface area contributed by atoms with Crippen molar-refractivity contribution in [3.8, 4) is 0 Å². The van der Waals surface area contributed by atoms with E-state index < -0.39 is 5.91 Å². The Morgan fingerprint density at radius 3 is 2.34 bits per heavy atom. The van der Waals surface area contributed by atoms with Gasteiger partial charge in [0.25, 0.3) is 5.91 Å². The van der Waals surface area contributed by atoms with E-state index in [1.807, 2.05) is 12.1 Å². The summed E-state index contributed by atoms with van der Waals surface area (Å²) in [5, 5.41) is 8.53. The number of hydrogen-bond acceptors (Lipinski definition) is 3. The lowest BCUT2D eigenvalue weighted by Crippen LogP contribution is -2.48. The first-order valence-corrected chi connectivity index (χ1v) is 10.4. The zero-order chi connectivity index (χ0) is 19.1. The molecule has 0 unspecified atom stereocenters. The smallest absolute Gasteiger partial charge is 0.267 e. The molecular formula is C23H28ClN3O2. The number of nitrogens with zero attached hydrogens (tertiary/aromatic N) is 1. The third-order valence-corrected chi connectivity index (χ3v) is 7.13. The molecule has 2 aromatic rings. The maximum absolute atomic E-state index is 11.1. The average molecular weight is 414 g/mol. The average Bonchev–Trinajstić information content (AvgIpc) is 3.15. The van der Waals surface area contributed by atoms with Crippen LogP contribution < -0.4 is 5.48 Å². The Morgan fingerprint density at radius 1 is 1.14 bits per heavy atom. The minimum absolute atomic E-state index is 0. The Bertz CT molecular complexity index is 868. The quantitative estimate of drug-likeness (QED) is 0.386.